The highest BCUT2D eigenvalue weighted by molar-refractivity contribution is 7.17. The molecule has 4 heteroatoms. The monoisotopic (exact) mass is 348 g/mol. The average Bonchev–Trinajstić information content (AvgIpc) is 3.10. The zero-order chi connectivity index (χ0) is 17.4. The molecule has 0 radical (unpaired) electrons. The van der Waals surface area contributed by atoms with Gasteiger partial charge in [0.15, 0.2) is 0 Å². The summed E-state index contributed by atoms with van der Waals surface area (Å²) >= 11 is 1.68. The maximum Gasteiger partial charge on any atom is 0.124 e. The number of benzene rings is 2. The van der Waals surface area contributed by atoms with Gasteiger partial charge in [-0.2, -0.15) is 0 Å². The van der Waals surface area contributed by atoms with Gasteiger partial charge in [-0.15, -0.1) is 11.3 Å². The van der Waals surface area contributed by atoms with E-state index in [9.17, 15) is 5.11 Å². The lowest BCUT2D eigenvalue weighted by Gasteiger charge is -2.13. The second kappa shape index (κ2) is 6.47. The number of rotatable bonds is 4. The fourth-order valence-corrected chi connectivity index (χ4v) is 4.13. The number of nitrogens with one attached hydrogen (secondary N) is 1. The summed E-state index contributed by atoms with van der Waals surface area (Å²) in [5.74, 6) is 0.313. The second-order valence-electron chi connectivity index (χ2n) is 6.32. The Morgan fingerprint density at radius 3 is 2.72 bits per heavy atom. The third-order valence-corrected chi connectivity index (χ3v) is 5.50. The van der Waals surface area contributed by atoms with Gasteiger partial charge in [0, 0.05) is 22.5 Å². The standard InChI is InChI=1S/C21H20N2OS/c1-13-11-17(24)19(15-5-3-14(4-6-15)7-9-22-2)20-16-8-10-25-18(16)12-23-21(13)20/h3-6,8,10-12,22,24H,7,9H2,1-2H3. The van der Waals surface area contributed by atoms with Gasteiger partial charge in [-0.3, -0.25) is 4.98 Å². The summed E-state index contributed by atoms with van der Waals surface area (Å²) in [5, 5.41) is 18.2. The molecule has 0 fully saturated rings. The van der Waals surface area contributed by atoms with E-state index in [0.29, 0.717) is 5.75 Å². The van der Waals surface area contributed by atoms with Crippen molar-refractivity contribution in [3.8, 4) is 16.9 Å². The van der Waals surface area contributed by atoms with Crippen LogP contribution in [0.2, 0.25) is 0 Å². The Labute approximate surface area is 151 Å². The Kier molecular flexibility index (Phi) is 4.15. The molecule has 2 aromatic carbocycles. The molecule has 0 unspecified atom stereocenters. The van der Waals surface area contributed by atoms with Crippen LogP contribution in [0.5, 0.6) is 5.75 Å². The number of hydrogen-bond donors (Lipinski definition) is 2. The number of aryl methyl sites for hydroxylation is 1. The SMILES string of the molecule is CNCCc1ccc(-c2c(O)cc(C)c3ncc4sccc4c23)cc1. The molecule has 0 amide bonds. The number of nitrogens with zero attached hydrogens (tertiary/aromatic N) is 1. The molecule has 2 aromatic heterocycles. The van der Waals surface area contributed by atoms with Crippen LogP contribution in [0.15, 0.2) is 48.0 Å². The van der Waals surface area contributed by atoms with Gasteiger partial charge in [0.25, 0.3) is 0 Å². The first-order chi connectivity index (χ1) is 12.2. The fourth-order valence-electron chi connectivity index (χ4n) is 3.37. The van der Waals surface area contributed by atoms with Gasteiger partial charge in [0.05, 0.1) is 10.2 Å². The molecule has 2 N–H and O–H groups in total. The Morgan fingerprint density at radius 2 is 1.96 bits per heavy atom. The van der Waals surface area contributed by atoms with Crippen LogP contribution in [-0.4, -0.2) is 23.7 Å². The normalized spacial score (nSPS) is 11.4. The summed E-state index contributed by atoms with van der Waals surface area (Å²) in [6.07, 6.45) is 2.92. The number of fused-ring (bicyclic) bond motifs is 3. The molecular weight excluding hydrogens is 328 g/mol. The predicted molar refractivity (Wildman–Crippen MR) is 107 cm³/mol. The van der Waals surface area contributed by atoms with Crippen LogP contribution in [-0.2, 0) is 6.42 Å². The Morgan fingerprint density at radius 1 is 1.16 bits per heavy atom. The number of phenolic OH excluding ortho intramolecular Hbond substituents is 1. The van der Waals surface area contributed by atoms with Crippen LogP contribution >= 0.6 is 11.3 Å². The van der Waals surface area contributed by atoms with Crippen molar-refractivity contribution in [3.05, 3.63) is 59.1 Å². The van der Waals surface area contributed by atoms with Crippen molar-refractivity contribution in [1.82, 2.24) is 10.3 Å². The molecule has 0 saturated heterocycles. The molecule has 0 saturated carbocycles. The van der Waals surface area contributed by atoms with Gasteiger partial charge in [-0.1, -0.05) is 24.3 Å². The molecule has 126 valence electrons. The van der Waals surface area contributed by atoms with Crippen molar-refractivity contribution in [1.29, 1.82) is 0 Å². The molecule has 0 atom stereocenters. The fraction of sp³-hybridized carbons (Fsp3) is 0.190. The Hall–Kier alpha value is -2.43. The van der Waals surface area contributed by atoms with Crippen molar-refractivity contribution in [2.75, 3.05) is 13.6 Å². The number of pyridine rings is 1. The average molecular weight is 348 g/mol. The van der Waals surface area contributed by atoms with E-state index in [0.717, 1.165) is 50.6 Å². The van der Waals surface area contributed by atoms with Crippen LogP contribution in [0, 0.1) is 6.92 Å². The van der Waals surface area contributed by atoms with E-state index >= 15 is 0 Å². The summed E-state index contributed by atoms with van der Waals surface area (Å²) in [6, 6.07) is 12.4. The molecule has 4 aromatic rings. The Bertz CT molecular complexity index is 1050. The number of phenols is 1. The molecule has 4 rings (SSSR count). The number of thiophene rings is 1. The topological polar surface area (TPSA) is 45.1 Å². The van der Waals surface area contributed by atoms with Crippen LogP contribution < -0.4 is 5.32 Å². The molecule has 25 heavy (non-hydrogen) atoms. The van der Waals surface area contributed by atoms with Crippen molar-refractivity contribution >= 4 is 32.3 Å². The summed E-state index contributed by atoms with van der Waals surface area (Å²) < 4.78 is 1.14. The highest BCUT2D eigenvalue weighted by Gasteiger charge is 2.16. The van der Waals surface area contributed by atoms with Crippen molar-refractivity contribution in [3.63, 3.8) is 0 Å². The van der Waals surface area contributed by atoms with Crippen molar-refractivity contribution < 1.29 is 5.11 Å². The molecule has 0 aliphatic heterocycles. The molecule has 0 aliphatic carbocycles. The minimum atomic E-state index is 0.313. The van der Waals surface area contributed by atoms with Gasteiger partial charge in [-0.25, -0.2) is 0 Å². The number of aromatic hydroxyl groups is 1. The van der Waals surface area contributed by atoms with Crippen LogP contribution in [0.3, 0.4) is 0 Å². The summed E-state index contributed by atoms with van der Waals surface area (Å²) in [5.41, 5.74) is 5.13. The van der Waals surface area contributed by atoms with Crippen LogP contribution in [0.25, 0.3) is 32.1 Å². The van der Waals surface area contributed by atoms with Crippen LogP contribution in [0.4, 0.5) is 0 Å². The first-order valence-electron chi connectivity index (χ1n) is 8.41. The number of aromatic nitrogens is 1. The van der Waals surface area contributed by atoms with E-state index in [1.807, 2.05) is 26.2 Å². The molecule has 3 nitrogen and oxygen atoms in total. The quantitative estimate of drug-likeness (QED) is 0.552. The van der Waals surface area contributed by atoms with E-state index in [1.165, 1.54) is 5.56 Å². The van der Waals surface area contributed by atoms with Gasteiger partial charge in [-0.05, 0) is 61.1 Å². The van der Waals surface area contributed by atoms with Gasteiger partial charge < -0.3 is 10.4 Å². The van der Waals surface area contributed by atoms with Gasteiger partial charge in [0.2, 0.25) is 0 Å². The van der Waals surface area contributed by atoms with E-state index in [1.54, 1.807) is 11.3 Å². The first-order valence-corrected chi connectivity index (χ1v) is 9.29. The molecule has 0 spiro atoms. The third-order valence-electron chi connectivity index (χ3n) is 4.65. The summed E-state index contributed by atoms with van der Waals surface area (Å²) in [4.78, 5) is 4.66. The number of hydrogen-bond acceptors (Lipinski definition) is 4. The highest BCUT2D eigenvalue weighted by atomic mass is 32.1. The molecular formula is C21H20N2OS. The highest BCUT2D eigenvalue weighted by Crippen LogP contribution is 2.41. The second-order valence-corrected chi connectivity index (χ2v) is 7.27. The zero-order valence-electron chi connectivity index (χ0n) is 14.3. The maximum absolute atomic E-state index is 10.7. The molecule has 0 bridgehead atoms. The summed E-state index contributed by atoms with van der Waals surface area (Å²) in [7, 11) is 1.96. The zero-order valence-corrected chi connectivity index (χ0v) is 15.2. The van der Waals surface area contributed by atoms with Crippen molar-refractivity contribution in [2.45, 2.75) is 13.3 Å². The largest absolute Gasteiger partial charge is 0.507 e. The van der Waals surface area contributed by atoms with Gasteiger partial charge >= 0.3 is 0 Å². The Balaban J connectivity index is 1.96. The lowest BCUT2D eigenvalue weighted by Crippen LogP contribution is -2.10. The molecule has 2 heterocycles. The lowest BCUT2D eigenvalue weighted by atomic mass is 9.94. The van der Waals surface area contributed by atoms with E-state index in [-0.39, 0.29) is 0 Å². The molecule has 0 aliphatic rings. The third kappa shape index (κ3) is 2.77. The van der Waals surface area contributed by atoms with Crippen LogP contribution in [0.1, 0.15) is 11.1 Å². The first kappa shape index (κ1) is 16.1. The van der Waals surface area contributed by atoms with E-state index in [4.69, 9.17) is 0 Å². The summed E-state index contributed by atoms with van der Waals surface area (Å²) in [6.45, 7) is 2.95. The minimum absolute atomic E-state index is 0.313. The lowest BCUT2D eigenvalue weighted by molar-refractivity contribution is 0.477. The van der Waals surface area contributed by atoms with Crippen molar-refractivity contribution in [2.24, 2.45) is 0 Å². The van der Waals surface area contributed by atoms with E-state index in [2.05, 4.69) is 46.0 Å². The van der Waals surface area contributed by atoms with E-state index < -0.39 is 0 Å². The number of likely N-dealkylation sites (N-methyl/N-ethyl adjacent to an activating group) is 1. The van der Waals surface area contributed by atoms with Gasteiger partial charge in [0.1, 0.15) is 5.75 Å². The maximum atomic E-state index is 10.7. The smallest absolute Gasteiger partial charge is 0.124 e. The predicted octanol–water partition coefficient (Wildman–Crippen LogP) is 4.89. The minimum Gasteiger partial charge on any atom is -0.507 e.